The molecule has 0 aliphatic carbocycles. The van der Waals surface area contributed by atoms with E-state index in [9.17, 15) is 4.79 Å². The third kappa shape index (κ3) is 5.49. The van der Waals surface area contributed by atoms with Gasteiger partial charge in [-0.2, -0.15) is 0 Å². The van der Waals surface area contributed by atoms with Crippen molar-refractivity contribution < 1.29 is 9.21 Å². The maximum atomic E-state index is 12.3. The monoisotopic (exact) mass is 369 g/mol. The Balaban J connectivity index is 1.95. The van der Waals surface area contributed by atoms with Crippen molar-refractivity contribution in [2.24, 2.45) is 5.92 Å². The molecule has 0 fully saturated rings. The highest BCUT2D eigenvalue weighted by Gasteiger charge is 2.21. The molecule has 1 aromatic carbocycles. The van der Waals surface area contributed by atoms with E-state index in [1.807, 2.05) is 6.07 Å². The summed E-state index contributed by atoms with van der Waals surface area (Å²) in [5.74, 6) is 1.26. The number of benzene rings is 1. The van der Waals surface area contributed by atoms with Crippen LogP contribution in [-0.2, 0) is 11.2 Å². The predicted molar refractivity (Wildman–Crippen MR) is 94.2 cm³/mol. The zero-order valence-corrected chi connectivity index (χ0v) is 15.5. The Morgan fingerprint density at radius 3 is 2.58 bits per heavy atom. The van der Waals surface area contributed by atoms with Gasteiger partial charge in [-0.05, 0) is 36.5 Å². The Morgan fingerprint density at radius 2 is 2.00 bits per heavy atom. The van der Waals surface area contributed by atoms with Gasteiger partial charge in [-0.15, -0.1) is 10.2 Å². The van der Waals surface area contributed by atoms with Gasteiger partial charge in [0.25, 0.3) is 0 Å². The summed E-state index contributed by atoms with van der Waals surface area (Å²) in [6.07, 6.45) is 1.67. The highest BCUT2D eigenvalue weighted by Crippen LogP contribution is 2.24. The number of rotatable bonds is 7. The fourth-order valence-corrected chi connectivity index (χ4v) is 2.69. The second kappa shape index (κ2) is 8.49. The van der Waals surface area contributed by atoms with Crippen LogP contribution in [0.4, 0.5) is 0 Å². The van der Waals surface area contributed by atoms with E-state index in [1.165, 1.54) is 0 Å². The summed E-state index contributed by atoms with van der Waals surface area (Å²) in [4.78, 5) is 12.3. The fourth-order valence-electron chi connectivity index (χ4n) is 2.37. The first-order valence-electron chi connectivity index (χ1n) is 7.88. The van der Waals surface area contributed by atoms with Gasteiger partial charge in [-0.3, -0.25) is 4.79 Å². The number of carbonyl (C=O) groups excluding carboxylic acids is 1. The van der Waals surface area contributed by atoms with Crippen LogP contribution >= 0.6 is 23.2 Å². The molecule has 1 amide bonds. The van der Waals surface area contributed by atoms with Crippen molar-refractivity contribution in [3.8, 4) is 0 Å². The SMILES string of the molecule is Cc1nnc(C(CC(C)C)NC(=O)CCc2ccc(Cl)c(Cl)c2)o1. The molecule has 2 rings (SSSR count). The smallest absolute Gasteiger partial charge is 0.238 e. The lowest BCUT2D eigenvalue weighted by Crippen LogP contribution is -2.30. The Kier molecular flexibility index (Phi) is 6.63. The first kappa shape index (κ1) is 18.7. The molecule has 1 unspecified atom stereocenters. The van der Waals surface area contributed by atoms with Gasteiger partial charge in [0.05, 0.1) is 10.0 Å². The Morgan fingerprint density at radius 1 is 1.25 bits per heavy atom. The van der Waals surface area contributed by atoms with Gasteiger partial charge in [0.2, 0.25) is 17.7 Å². The van der Waals surface area contributed by atoms with Crippen LogP contribution < -0.4 is 5.32 Å². The Bertz CT molecular complexity index is 701. The number of amides is 1. The van der Waals surface area contributed by atoms with Gasteiger partial charge in [0, 0.05) is 13.3 Å². The summed E-state index contributed by atoms with van der Waals surface area (Å²) in [7, 11) is 0. The largest absolute Gasteiger partial charge is 0.423 e. The van der Waals surface area contributed by atoms with E-state index in [2.05, 4.69) is 29.4 Å². The predicted octanol–water partition coefficient (Wildman–Crippen LogP) is 4.52. The molecule has 130 valence electrons. The second-order valence-corrected chi connectivity index (χ2v) is 6.97. The van der Waals surface area contributed by atoms with E-state index < -0.39 is 0 Å². The van der Waals surface area contributed by atoms with Crippen LogP contribution in [0.1, 0.15) is 50.1 Å². The lowest BCUT2D eigenvalue weighted by atomic mass is 10.0. The van der Waals surface area contributed by atoms with E-state index in [4.69, 9.17) is 27.6 Å². The van der Waals surface area contributed by atoms with Crippen molar-refractivity contribution in [3.05, 3.63) is 45.6 Å². The molecular formula is C17H21Cl2N3O2. The molecule has 0 radical (unpaired) electrons. The van der Waals surface area contributed by atoms with Gasteiger partial charge in [-0.1, -0.05) is 43.1 Å². The zero-order valence-electron chi connectivity index (χ0n) is 14.0. The van der Waals surface area contributed by atoms with Crippen LogP contribution in [0, 0.1) is 12.8 Å². The van der Waals surface area contributed by atoms with Crippen LogP contribution in [0.15, 0.2) is 22.6 Å². The molecule has 1 aromatic heterocycles. The molecule has 0 spiro atoms. The lowest BCUT2D eigenvalue weighted by Gasteiger charge is -2.17. The summed E-state index contributed by atoms with van der Waals surface area (Å²) in [5.41, 5.74) is 0.966. The zero-order chi connectivity index (χ0) is 17.7. The third-order valence-electron chi connectivity index (χ3n) is 3.51. The highest BCUT2D eigenvalue weighted by atomic mass is 35.5. The van der Waals surface area contributed by atoms with E-state index in [1.54, 1.807) is 19.1 Å². The van der Waals surface area contributed by atoms with Crippen LogP contribution in [0.5, 0.6) is 0 Å². The van der Waals surface area contributed by atoms with Gasteiger partial charge >= 0.3 is 0 Å². The normalized spacial score (nSPS) is 12.4. The van der Waals surface area contributed by atoms with Crippen LogP contribution in [-0.4, -0.2) is 16.1 Å². The number of hydrogen-bond acceptors (Lipinski definition) is 4. The Labute approximate surface area is 151 Å². The average Bonchev–Trinajstić information content (AvgIpc) is 2.94. The highest BCUT2D eigenvalue weighted by molar-refractivity contribution is 6.42. The van der Waals surface area contributed by atoms with E-state index in [0.717, 1.165) is 12.0 Å². The number of hydrogen-bond donors (Lipinski definition) is 1. The molecule has 1 N–H and O–H groups in total. The average molecular weight is 370 g/mol. The van der Waals surface area contributed by atoms with Gasteiger partial charge in [-0.25, -0.2) is 0 Å². The van der Waals surface area contributed by atoms with E-state index >= 15 is 0 Å². The first-order chi connectivity index (χ1) is 11.3. The number of carbonyl (C=O) groups is 1. The van der Waals surface area contributed by atoms with Crippen LogP contribution in [0.2, 0.25) is 10.0 Å². The van der Waals surface area contributed by atoms with Crippen molar-refractivity contribution in [1.82, 2.24) is 15.5 Å². The molecule has 0 saturated heterocycles. The van der Waals surface area contributed by atoms with Crippen molar-refractivity contribution >= 4 is 29.1 Å². The van der Waals surface area contributed by atoms with Crippen molar-refractivity contribution in [2.45, 2.75) is 46.1 Å². The fraction of sp³-hybridized carbons (Fsp3) is 0.471. The second-order valence-electron chi connectivity index (χ2n) is 6.16. The number of nitrogens with zero attached hydrogens (tertiary/aromatic N) is 2. The topological polar surface area (TPSA) is 68.0 Å². The molecule has 5 nitrogen and oxygen atoms in total. The summed E-state index contributed by atoms with van der Waals surface area (Å²) < 4.78 is 5.47. The number of halogens is 2. The molecule has 0 aliphatic rings. The minimum atomic E-state index is -0.271. The van der Waals surface area contributed by atoms with Crippen LogP contribution in [0.25, 0.3) is 0 Å². The molecular weight excluding hydrogens is 349 g/mol. The van der Waals surface area contributed by atoms with Crippen molar-refractivity contribution in [3.63, 3.8) is 0 Å². The van der Waals surface area contributed by atoms with E-state index in [0.29, 0.717) is 40.6 Å². The van der Waals surface area contributed by atoms with Crippen molar-refractivity contribution in [1.29, 1.82) is 0 Å². The molecule has 0 aliphatic heterocycles. The quantitative estimate of drug-likeness (QED) is 0.778. The number of aryl methyl sites for hydroxylation is 2. The van der Waals surface area contributed by atoms with Crippen LogP contribution in [0.3, 0.4) is 0 Å². The van der Waals surface area contributed by atoms with Gasteiger partial charge < -0.3 is 9.73 Å². The minimum Gasteiger partial charge on any atom is -0.423 e. The summed E-state index contributed by atoms with van der Waals surface area (Å²) in [6, 6.07) is 5.12. The van der Waals surface area contributed by atoms with Crippen molar-refractivity contribution in [2.75, 3.05) is 0 Å². The molecule has 2 aromatic rings. The lowest BCUT2D eigenvalue weighted by molar-refractivity contribution is -0.122. The minimum absolute atomic E-state index is 0.0671. The summed E-state index contributed by atoms with van der Waals surface area (Å²) >= 11 is 11.9. The summed E-state index contributed by atoms with van der Waals surface area (Å²) in [6.45, 7) is 5.89. The molecule has 0 saturated carbocycles. The Hall–Kier alpha value is -1.59. The van der Waals surface area contributed by atoms with Gasteiger partial charge in [0.1, 0.15) is 6.04 Å². The maximum Gasteiger partial charge on any atom is 0.238 e. The number of aromatic nitrogens is 2. The summed E-state index contributed by atoms with van der Waals surface area (Å²) in [5, 5.41) is 11.8. The van der Waals surface area contributed by atoms with Gasteiger partial charge in [0.15, 0.2) is 0 Å². The standard InChI is InChI=1S/C17H21Cl2N3O2/c1-10(2)8-15(17-22-21-11(3)24-17)20-16(23)7-5-12-4-6-13(18)14(19)9-12/h4,6,9-10,15H,5,7-8H2,1-3H3,(H,20,23). The molecule has 24 heavy (non-hydrogen) atoms. The van der Waals surface area contributed by atoms with E-state index in [-0.39, 0.29) is 11.9 Å². The first-order valence-corrected chi connectivity index (χ1v) is 8.64. The molecule has 7 heteroatoms. The third-order valence-corrected chi connectivity index (χ3v) is 4.25. The maximum absolute atomic E-state index is 12.3. The molecule has 1 heterocycles. The number of nitrogens with one attached hydrogen (secondary N) is 1. The molecule has 0 bridgehead atoms. The molecule has 1 atom stereocenters.